The molecule has 3 heteroatoms. The Kier molecular flexibility index (Phi) is 18.9. The molecule has 4 aliphatic carbocycles. The molecule has 0 saturated carbocycles. The Morgan fingerprint density at radius 1 is 0.228 bits per heavy atom. The van der Waals surface area contributed by atoms with E-state index in [2.05, 4.69) is 424 Å². The van der Waals surface area contributed by atoms with Crippen molar-refractivity contribution >= 4 is 88.2 Å². The van der Waals surface area contributed by atoms with Crippen molar-refractivity contribution in [3.8, 4) is 55.6 Å². The van der Waals surface area contributed by atoms with Crippen LogP contribution in [0.25, 0.3) is 55.6 Å². The van der Waals surface area contributed by atoms with Crippen molar-refractivity contribution in [1.29, 1.82) is 0 Å². The molecule has 0 N–H and O–H groups in total. The van der Waals surface area contributed by atoms with Gasteiger partial charge in [0.2, 0.25) is 0 Å². The molecule has 0 aromatic heterocycles. The van der Waals surface area contributed by atoms with Crippen molar-refractivity contribution in [2.75, 3.05) is 0 Å². The monoisotopic (exact) mass is 1660 g/mol. The minimum absolute atomic E-state index is 0.0397. The van der Waals surface area contributed by atoms with Gasteiger partial charge in [0.15, 0.2) is 0 Å². The van der Waals surface area contributed by atoms with Crippen LogP contribution in [0.2, 0.25) is 5.76 Å². The van der Waals surface area contributed by atoms with Crippen molar-refractivity contribution in [2.45, 2.75) is 174 Å². The summed E-state index contributed by atoms with van der Waals surface area (Å²) in [6.07, 6.45) is 6.00. The Morgan fingerprint density at radius 2 is 0.500 bits per heavy atom. The Bertz CT molecular complexity index is 5920. The summed E-state index contributed by atoms with van der Waals surface area (Å²) in [5.74, 6) is 2.63. The van der Waals surface area contributed by atoms with E-state index in [4.69, 9.17) is 0 Å². The molecule has 566 valence electrons. The van der Waals surface area contributed by atoms with Crippen LogP contribution in [0, 0.1) is 0 Å². The van der Waals surface area contributed by atoms with Gasteiger partial charge in [0.05, 0.1) is 0 Å². The standard InChI is InChI=1S/C111H110Ge3/c1-16-109(17-2)98-66-75(96-67-77(107(10,11)12)69-104-105(96)95-60-53-76(106(7,8)9)68-97(95)108(104,13)14)52-59-89(98)91-62-55-85(71-100(91)109)113(80-44-32-24-33-45-80,81-46-34-25-35-47-81)87-57-64-93-94-65-58-88(74-103(94)111(20-5,21-6)102(93)73-87)114(82-48-36-26-37-49-82,83-50-38-27-39-51-83)86-56-63-92-90-61-54-84(70-99(90)110(18-3,19-4)101(92)72-86)112(15,78-40-28-22-29-41-78)79-42-30-23-31-43-79/h22-74H,16-21H2,1-15H3. The third kappa shape index (κ3) is 11.1. The van der Waals surface area contributed by atoms with Crippen LogP contribution in [0.15, 0.2) is 322 Å². The van der Waals surface area contributed by atoms with Gasteiger partial charge in [-0.05, 0) is 11.0 Å². The van der Waals surface area contributed by atoms with Crippen molar-refractivity contribution < 1.29 is 0 Å². The number of fused-ring (bicyclic) bond motifs is 12. The van der Waals surface area contributed by atoms with Crippen LogP contribution < -0.4 is 48.4 Å². The summed E-state index contributed by atoms with van der Waals surface area (Å²) in [4.78, 5) is 0. The molecular weight excluding hydrogens is 1550 g/mol. The predicted octanol–water partition coefficient (Wildman–Crippen LogP) is 21.4. The summed E-state index contributed by atoms with van der Waals surface area (Å²) in [5.41, 5.74) is 27.7. The van der Waals surface area contributed by atoms with Gasteiger partial charge >= 0.3 is 663 Å². The van der Waals surface area contributed by atoms with Crippen LogP contribution in [-0.4, -0.2) is 39.8 Å². The van der Waals surface area contributed by atoms with E-state index < -0.39 is 39.8 Å². The van der Waals surface area contributed by atoms with Gasteiger partial charge in [-0.25, -0.2) is 0 Å². The van der Waals surface area contributed by atoms with Gasteiger partial charge in [-0.2, -0.15) is 0 Å². The summed E-state index contributed by atoms with van der Waals surface area (Å²) >= 11 is -11.2. The first-order chi connectivity index (χ1) is 55.1. The second-order valence-corrected chi connectivity index (χ2v) is 60.9. The molecule has 0 heterocycles. The van der Waals surface area contributed by atoms with E-state index >= 15 is 0 Å². The van der Waals surface area contributed by atoms with E-state index in [0.29, 0.717) is 0 Å². The van der Waals surface area contributed by atoms with E-state index in [9.17, 15) is 0 Å². The fraction of sp³-hybridized carbons (Fsp3) is 0.243. The van der Waals surface area contributed by atoms with E-state index in [1.54, 1.807) is 0 Å². The van der Waals surface area contributed by atoms with Crippen LogP contribution in [-0.2, 0) is 32.5 Å². The topological polar surface area (TPSA) is 0 Å². The normalized spacial score (nSPS) is 15.1. The van der Waals surface area contributed by atoms with Crippen molar-refractivity contribution in [3.63, 3.8) is 0 Å². The summed E-state index contributed by atoms with van der Waals surface area (Å²) < 4.78 is 16.3. The van der Waals surface area contributed by atoms with Gasteiger partial charge in [0.25, 0.3) is 0 Å². The number of rotatable bonds is 18. The number of hydrogen-bond donors (Lipinski definition) is 0. The minimum atomic E-state index is -4.06. The molecule has 0 aliphatic heterocycles. The average Bonchev–Trinajstić information content (AvgIpc) is 1.49. The maximum absolute atomic E-state index is 4.06. The molecule has 114 heavy (non-hydrogen) atoms. The van der Waals surface area contributed by atoms with Gasteiger partial charge in [0.1, 0.15) is 0 Å². The maximum atomic E-state index is 2.80. The molecule has 0 fully saturated rings. The number of hydrogen-bond acceptors (Lipinski definition) is 0. The Morgan fingerprint density at radius 3 is 0.816 bits per heavy atom. The van der Waals surface area contributed by atoms with E-state index in [1.165, 1.54) is 160 Å². The molecule has 0 radical (unpaired) electrons. The zero-order chi connectivity index (χ0) is 79.1. The SMILES string of the molecule is CCC1(CC)c2cc(-c3cc(C(C)(C)C)cc4c3-c3ccc(C(C)(C)C)cc3C4(C)C)ccc2-c2cc[c]([Ge]([c]3ccccc3)([c]3ccccc3)[c]3ccc4c(c3)C(CC)(CC)c3c[c]([Ge]([c]5ccccc5)([c]5ccccc5)[c]5ccc6c(c5)C(CC)(CC)c5c[c]([Ge]([CH3])([c]7ccccc7)[c]7ccccc7)ccc5-6)ccc3-4)cc21. The van der Waals surface area contributed by atoms with Gasteiger partial charge in [-0.15, -0.1) is 0 Å². The van der Waals surface area contributed by atoms with E-state index in [0.717, 1.165) is 38.5 Å². The van der Waals surface area contributed by atoms with E-state index in [1.807, 2.05) is 0 Å². The summed E-state index contributed by atoms with van der Waals surface area (Å²) in [7, 11) is 0. The van der Waals surface area contributed by atoms with E-state index in [-0.39, 0.29) is 32.5 Å². The summed E-state index contributed by atoms with van der Waals surface area (Å²) in [6, 6.07) is 130. The third-order valence-electron chi connectivity index (χ3n) is 29.4. The van der Waals surface area contributed by atoms with Crippen LogP contribution in [0.1, 0.15) is 191 Å². The molecule has 14 aromatic rings. The third-order valence-corrected chi connectivity index (χ3v) is 58.6. The fourth-order valence-corrected chi connectivity index (χ4v) is 50.2. The zero-order valence-electron chi connectivity index (χ0n) is 69.8. The molecular formula is C111H110Ge3. The molecule has 0 unspecified atom stereocenters. The van der Waals surface area contributed by atoms with Gasteiger partial charge in [-0.1, -0.05) is 20.8 Å². The first-order valence-corrected chi connectivity index (χ1v) is 56.3. The molecule has 0 atom stereocenters. The molecule has 0 nitrogen and oxygen atoms in total. The quantitative estimate of drug-likeness (QED) is 0.0751. The van der Waals surface area contributed by atoms with Gasteiger partial charge in [-0.3, -0.25) is 0 Å². The summed E-state index contributed by atoms with van der Waals surface area (Å²) in [5, 5.41) is 0. The van der Waals surface area contributed by atoms with Gasteiger partial charge < -0.3 is 0 Å². The molecule has 0 bridgehead atoms. The fourth-order valence-electron chi connectivity index (χ4n) is 22.7. The second-order valence-electron chi connectivity index (χ2n) is 36.6. The Labute approximate surface area is 688 Å². The van der Waals surface area contributed by atoms with Crippen molar-refractivity contribution in [2.24, 2.45) is 0 Å². The van der Waals surface area contributed by atoms with Crippen LogP contribution in [0.5, 0.6) is 0 Å². The average molecular weight is 1660 g/mol. The number of benzene rings is 14. The first kappa shape index (κ1) is 76.0. The van der Waals surface area contributed by atoms with Crippen LogP contribution in [0.4, 0.5) is 0 Å². The first-order valence-electron chi connectivity index (χ1n) is 42.6. The molecule has 0 saturated heterocycles. The molecule has 0 spiro atoms. The Hall–Kier alpha value is -9.29. The van der Waals surface area contributed by atoms with Crippen molar-refractivity contribution in [3.05, 3.63) is 377 Å². The van der Waals surface area contributed by atoms with Gasteiger partial charge in [0, 0.05) is 0 Å². The molecule has 14 aromatic carbocycles. The molecule has 18 rings (SSSR count). The van der Waals surface area contributed by atoms with Crippen molar-refractivity contribution in [1.82, 2.24) is 0 Å². The molecule has 0 amide bonds. The molecule has 4 aliphatic rings. The Balaban J connectivity index is 0.793. The second kappa shape index (κ2) is 28.3. The summed E-state index contributed by atoms with van der Waals surface area (Å²) in [6.45, 7) is 34.0. The van der Waals surface area contributed by atoms with Crippen LogP contribution in [0.3, 0.4) is 0 Å². The predicted molar refractivity (Wildman–Crippen MR) is 498 cm³/mol. The van der Waals surface area contributed by atoms with Crippen LogP contribution >= 0.6 is 0 Å². The zero-order valence-corrected chi connectivity index (χ0v) is 76.1.